The van der Waals surface area contributed by atoms with Gasteiger partial charge in [-0.2, -0.15) is 0 Å². The van der Waals surface area contributed by atoms with Crippen LogP contribution < -0.4 is 14.8 Å². The maximum absolute atomic E-state index is 12.2. The van der Waals surface area contributed by atoms with E-state index in [1.54, 1.807) is 18.2 Å². The molecule has 0 fully saturated rings. The van der Waals surface area contributed by atoms with Crippen molar-refractivity contribution >= 4 is 16.8 Å². The summed E-state index contributed by atoms with van der Waals surface area (Å²) in [5.41, 5.74) is 1.81. The molecule has 1 N–H and O–H groups in total. The van der Waals surface area contributed by atoms with Crippen molar-refractivity contribution in [3.63, 3.8) is 0 Å². The Balaban J connectivity index is 1.32. The van der Waals surface area contributed by atoms with Crippen molar-refractivity contribution in [1.82, 2.24) is 9.88 Å². The molecule has 0 saturated carbocycles. The van der Waals surface area contributed by atoms with Gasteiger partial charge in [-0.25, -0.2) is 0 Å². The molecule has 2 aromatic carbocycles. The van der Waals surface area contributed by atoms with E-state index in [0.717, 1.165) is 13.0 Å². The van der Waals surface area contributed by atoms with Crippen LogP contribution in [0.15, 0.2) is 54.7 Å². The number of carbonyl (C=O) groups excluding carboxylic acids is 1. The van der Waals surface area contributed by atoms with Crippen molar-refractivity contribution in [2.75, 3.05) is 13.3 Å². The van der Waals surface area contributed by atoms with Gasteiger partial charge in [0.05, 0.1) is 0 Å². The molecule has 3 aromatic rings. The third-order valence-electron chi connectivity index (χ3n) is 4.18. The van der Waals surface area contributed by atoms with Crippen LogP contribution in [-0.4, -0.2) is 23.8 Å². The number of para-hydroxylation sites is 1. The molecule has 2 heterocycles. The number of carbonyl (C=O) groups is 1. The molecule has 1 aliphatic rings. The second-order valence-electron chi connectivity index (χ2n) is 5.75. The molecule has 122 valence electrons. The van der Waals surface area contributed by atoms with Crippen molar-refractivity contribution in [3.05, 3.63) is 60.3 Å². The monoisotopic (exact) mass is 322 g/mol. The number of aryl methyl sites for hydroxylation is 1. The Morgan fingerprint density at radius 1 is 1.08 bits per heavy atom. The van der Waals surface area contributed by atoms with Crippen LogP contribution in [0.4, 0.5) is 0 Å². The molecule has 0 spiro atoms. The third kappa shape index (κ3) is 2.80. The van der Waals surface area contributed by atoms with Gasteiger partial charge in [-0.15, -0.1) is 0 Å². The van der Waals surface area contributed by atoms with E-state index in [1.807, 2.05) is 12.1 Å². The van der Waals surface area contributed by atoms with Crippen LogP contribution >= 0.6 is 0 Å². The van der Waals surface area contributed by atoms with Gasteiger partial charge in [0, 0.05) is 30.4 Å². The van der Waals surface area contributed by atoms with E-state index in [1.165, 1.54) is 10.9 Å². The summed E-state index contributed by atoms with van der Waals surface area (Å²) in [6.45, 7) is 1.71. The maximum Gasteiger partial charge on any atom is 0.251 e. The van der Waals surface area contributed by atoms with E-state index in [2.05, 4.69) is 34.3 Å². The number of nitrogens with zero attached hydrogens (tertiary/aromatic N) is 1. The molecule has 0 atom stereocenters. The highest BCUT2D eigenvalue weighted by atomic mass is 16.7. The van der Waals surface area contributed by atoms with Crippen molar-refractivity contribution in [2.24, 2.45) is 0 Å². The number of rotatable bonds is 5. The van der Waals surface area contributed by atoms with Crippen molar-refractivity contribution in [3.8, 4) is 11.5 Å². The Hall–Kier alpha value is -2.95. The molecule has 1 amide bonds. The summed E-state index contributed by atoms with van der Waals surface area (Å²) in [6.07, 6.45) is 2.96. The molecule has 1 aromatic heterocycles. The van der Waals surface area contributed by atoms with Gasteiger partial charge in [-0.3, -0.25) is 4.79 Å². The molecule has 5 nitrogen and oxygen atoms in total. The molecule has 1 aliphatic heterocycles. The van der Waals surface area contributed by atoms with Crippen molar-refractivity contribution in [1.29, 1.82) is 0 Å². The van der Waals surface area contributed by atoms with Gasteiger partial charge < -0.3 is 19.4 Å². The minimum absolute atomic E-state index is 0.0920. The Morgan fingerprint density at radius 3 is 2.92 bits per heavy atom. The summed E-state index contributed by atoms with van der Waals surface area (Å²) in [6, 6.07) is 15.6. The first-order chi connectivity index (χ1) is 11.8. The van der Waals surface area contributed by atoms with E-state index in [9.17, 15) is 4.79 Å². The Kier molecular flexibility index (Phi) is 3.83. The van der Waals surface area contributed by atoms with Gasteiger partial charge in [-0.1, -0.05) is 18.2 Å². The Labute approximate surface area is 139 Å². The smallest absolute Gasteiger partial charge is 0.251 e. The largest absolute Gasteiger partial charge is 0.454 e. The number of nitrogens with one attached hydrogen (secondary N) is 1. The van der Waals surface area contributed by atoms with Crippen LogP contribution in [0.5, 0.6) is 11.5 Å². The molecule has 0 saturated heterocycles. The highest BCUT2D eigenvalue weighted by Crippen LogP contribution is 2.32. The SMILES string of the molecule is O=C(NCCCn1ccc2ccccc21)c1ccc2c(c1)OCO2. The average Bonchev–Trinajstić information content (AvgIpc) is 3.24. The van der Waals surface area contributed by atoms with Crippen molar-refractivity contribution < 1.29 is 14.3 Å². The quantitative estimate of drug-likeness (QED) is 0.734. The maximum atomic E-state index is 12.2. The summed E-state index contributed by atoms with van der Waals surface area (Å²) >= 11 is 0. The standard InChI is InChI=1S/C19H18N2O3/c22-19(15-6-7-17-18(12-15)24-13-23-17)20-9-3-10-21-11-8-14-4-1-2-5-16(14)21/h1-2,4-8,11-12H,3,9-10,13H2,(H,20,22). The number of amides is 1. The van der Waals surface area contributed by atoms with E-state index < -0.39 is 0 Å². The Morgan fingerprint density at radius 2 is 1.96 bits per heavy atom. The molecule has 24 heavy (non-hydrogen) atoms. The van der Waals surface area contributed by atoms with Gasteiger partial charge in [0.1, 0.15) is 0 Å². The summed E-state index contributed by atoms with van der Waals surface area (Å²) in [4.78, 5) is 12.2. The van der Waals surface area contributed by atoms with Gasteiger partial charge in [-0.05, 0) is 42.1 Å². The predicted octanol–water partition coefficient (Wildman–Crippen LogP) is 3.19. The lowest BCUT2D eigenvalue weighted by atomic mass is 10.2. The van der Waals surface area contributed by atoms with Crippen LogP contribution in [0, 0.1) is 0 Å². The molecular formula is C19H18N2O3. The zero-order chi connectivity index (χ0) is 16.4. The molecule has 0 radical (unpaired) electrons. The number of ether oxygens (including phenoxy) is 2. The van der Waals surface area contributed by atoms with Crippen molar-refractivity contribution in [2.45, 2.75) is 13.0 Å². The summed E-state index contributed by atoms with van der Waals surface area (Å²) in [5.74, 6) is 1.22. The number of aromatic nitrogens is 1. The molecule has 0 unspecified atom stereocenters. The van der Waals surface area contributed by atoms with Gasteiger partial charge in [0.2, 0.25) is 6.79 Å². The summed E-state index contributed by atoms with van der Waals surface area (Å²) in [5, 5.41) is 4.19. The van der Waals surface area contributed by atoms with Gasteiger partial charge in [0.25, 0.3) is 5.91 Å². The molecule has 5 heteroatoms. The van der Waals surface area contributed by atoms with Crippen LogP contribution in [0.3, 0.4) is 0 Å². The average molecular weight is 322 g/mol. The van der Waals surface area contributed by atoms with E-state index in [-0.39, 0.29) is 12.7 Å². The topological polar surface area (TPSA) is 52.5 Å². The highest BCUT2D eigenvalue weighted by molar-refractivity contribution is 5.94. The number of hydrogen-bond acceptors (Lipinski definition) is 3. The zero-order valence-electron chi connectivity index (χ0n) is 13.2. The van der Waals surface area contributed by atoms with E-state index >= 15 is 0 Å². The molecule has 0 bridgehead atoms. The lowest BCUT2D eigenvalue weighted by molar-refractivity contribution is 0.0952. The first-order valence-electron chi connectivity index (χ1n) is 8.03. The minimum Gasteiger partial charge on any atom is -0.454 e. The van der Waals surface area contributed by atoms with E-state index in [0.29, 0.717) is 23.6 Å². The molecule has 4 rings (SSSR count). The summed E-state index contributed by atoms with van der Waals surface area (Å²) < 4.78 is 12.8. The summed E-state index contributed by atoms with van der Waals surface area (Å²) in [7, 11) is 0. The zero-order valence-corrected chi connectivity index (χ0v) is 13.2. The Bertz CT molecular complexity index is 885. The van der Waals surface area contributed by atoms with Crippen LogP contribution in [0.2, 0.25) is 0 Å². The normalized spacial score (nSPS) is 12.5. The van der Waals surface area contributed by atoms with E-state index in [4.69, 9.17) is 9.47 Å². The van der Waals surface area contributed by atoms with Gasteiger partial charge in [0.15, 0.2) is 11.5 Å². The lowest BCUT2D eigenvalue weighted by Gasteiger charge is -2.08. The fourth-order valence-corrected chi connectivity index (χ4v) is 2.93. The fraction of sp³-hybridized carbons (Fsp3) is 0.211. The number of fused-ring (bicyclic) bond motifs is 2. The second kappa shape index (κ2) is 6.28. The fourth-order valence-electron chi connectivity index (χ4n) is 2.93. The first-order valence-corrected chi connectivity index (χ1v) is 8.03. The lowest BCUT2D eigenvalue weighted by Crippen LogP contribution is -2.25. The second-order valence-corrected chi connectivity index (χ2v) is 5.75. The molecular weight excluding hydrogens is 304 g/mol. The number of hydrogen-bond donors (Lipinski definition) is 1. The third-order valence-corrected chi connectivity index (χ3v) is 4.18. The van der Waals surface area contributed by atoms with Crippen LogP contribution in [0.25, 0.3) is 10.9 Å². The van der Waals surface area contributed by atoms with Crippen LogP contribution in [-0.2, 0) is 6.54 Å². The highest BCUT2D eigenvalue weighted by Gasteiger charge is 2.15. The first kappa shape index (κ1) is 14.6. The minimum atomic E-state index is -0.0920. The van der Waals surface area contributed by atoms with Gasteiger partial charge >= 0.3 is 0 Å². The molecule has 0 aliphatic carbocycles. The predicted molar refractivity (Wildman–Crippen MR) is 91.5 cm³/mol. The number of benzene rings is 2. The van der Waals surface area contributed by atoms with Crippen LogP contribution in [0.1, 0.15) is 16.8 Å².